The van der Waals surface area contributed by atoms with Crippen LogP contribution in [0.5, 0.6) is 0 Å². The Hall–Kier alpha value is -4.14. The number of anilines is 1. The number of hydrogen-bond acceptors (Lipinski definition) is 6. The quantitative estimate of drug-likeness (QED) is 0.145. The Bertz CT molecular complexity index is 1910. The highest BCUT2D eigenvalue weighted by atomic mass is 35.5. The molecule has 0 fully saturated rings. The van der Waals surface area contributed by atoms with E-state index in [2.05, 4.69) is 28.9 Å². The van der Waals surface area contributed by atoms with Crippen LogP contribution in [-0.4, -0.2) is 35.4 Å². The first kappa shape index (κ1) is 32.3. The highest BCUT2D eigenvalue weighted by Gasteiger charge is 2.21. The number of nitrogens with one attached hydrogen (secondary N) is 1. The number of carbonyl (C=O) groups is 1. The fourth-order valence-corrected chi connectivity index (χ4v) is 6.31. The minimum Gasteiger partial charge on any atom is -0.456 e. The Balaban J connectivity index is 1.41. The van der Waals surface area contributed by atoms with E-state index >= 15 is 0 Å². The fourth-order valence-electron chi connectivity index (χ4n) is 5.11. The average molecular weight is 644 g/mol. The van der Waals surface area contributed by atoms with Gasteiger partial charge in [-0.15, -0.1) is 0 Å². The molecule has 0 radical (unpaired) electrons. The molecule has 0 amide bonds. The number of sulfone groups is 1. The topological polar surface area (TPSA) is 90.3 Å². The standard InChI is InChI=1S/C36H38ClN3O4S/c1-5-6-11-34-39-32-21-18-28(38-24-45(42,43)29-19-16-27(37)17-20-29)22-33(32)40(34)23-25-12-14-26(15-13-25)30-9-7-8-10-31(30)35(41)44-36(2,3)4/h7-10,12-22,38H,5-6,11,23-24H2,1-4H3. The third-order valence-electron chi connectivity index (χ3n) is 7.37. The van der Waals surface area contributed by atoms with Crippen molar-refractivity contribution in [2.45, 2.75) is 64.0 Å². The summed E-state index contributed by atoms with van der Waals surface area (Å²) in [6, 6.07) is 27.6. The lowest BCUT2D eigenvalue weighted by atomic mass is 9.98. The van der Waals surface area contributed by atoms with Crippen LogP contribution in [0.4, 0.5) is 5.69 Å². The fraction of sp³-hybridized carbons (Fsp3) is 0.278. The second-order valence-electron chi connectivity index (χ2n) is 12.1. The van der Waals surface area contributed by atoms with Crippen LogP contribution in [0.3, 0.4) is 0 Å². The second-order valence-corrected chi connectivity index (χ2v) is 14.5. The third-order valence-corrected chi connectivity index (χ3v) is 9.14. The second kappa shape index (κ2) is 13.5. The van der Waals surface area contributed by atoms with Crippen LogP contribution in [0.1, 0.15) is 62.3 Å². The summed E-state index contributed by atoms with van der Waals surface area (Å²) in [5.41, 5.74) is 5.24. The van der Waals surface area contributed by atoms with Crippen molar-refractivity contribution in [1.82, 2.24) is 9.55 Å². The molecule has 0 atom stereocenters. The van der Waals surface area contributed by atoms with Crippen molar-refractivity contribution in [2.24, 2.45) is 0 Å². The molecule has 45 heavy (non-hydrogen) atoms. The minimum atomic E-state index is -3.56. The molecule has 0 aliphatic carbocycles. The van der Waals surface area contributed by atoms with Crippen LogP contribution in [0, 0.1) is 0 Å². The first-order valence-electron chi connectivity index (χ1n) is 15.1. The summed E-state index contributed by atoms with van der Waals surface area (Å²) in [5.74, 6) is 0.388. The number of benzene rings is 4. The Morgan fingerprint density at radius 2 is 1.67 bits per heavy atom. The smallest absolute Gasteiger partial charge is 0.339 e. The van der Waals surface area contributed by atoms with E-state index in [1.54, 1.807) is 18.2 Å². The van der Waals surface area contributed by atoms with Crippen LogP contribution in [-0.2, 0) is 27.5 Å². The van der Waals surface area contributed by atoms with Crippen LogP contribution in [0.15, 0.2) is 95.9 Å². The van der Waals surface area contributed by atoms with Gasteiger partial charge in [-0.25, -0.2) is 18.2 Å². The molecule has 0 aliphatic heterocycles. The molecule has 1 aromatic heterocycles. The molecule has 0 unspecified atom stereocenters. The number of aryl methyl sites for hydroxylation is 1. The van der Waals surface area contributed by atoms with Gasteiger partial charge in [-0.05, 0) is 92.4 Å². The molecule has 0 aliphatic rings. The summed E-state index contributed by atoms with van der Waals surface area (Å²) in [6.45, 7) is 8.33. The first-order chi connectivity index (χ1) is 21.4. The van der Waals surface area contributed by atoms with E-state index in [1.165, 1.54) is 12.1 Å². The number of fused-ring (bicyclic) bond motifs is 1. The summed E-state index contributed by atoms with van der Waals surface area (Å²) in [7, 11) is -3.56. The van der Waals surface area contributed by atoms with E-state index in [-0.39, 0.29) is 16.7 Å². The van der Waals surface area contributed by atoms with Gasteiger partial charge in [0.2, 0.25) is 0 Å². The maximum absolute atomic E-state index is 12.9. The van der Waals surface area contributed by atoms with Gasteiger partial charge in [-0.2, -0.15) is 0 Å². The molecular weight excluding hydrogens is 606 g/mol. The molecule has 9 heteroatoms. The Kier molecular flexibility index (Phi) is 9.65. The summed E-state index contributed by atoms with van der Waals surface area (Å²) < 4.78 is 33.7. The number of nitrogens with zero attached hydrogens (tertiary/aromatic N) is 2. The van der Waals surface area contributed by atoms with Crippen molar-refractivity contribution in [3.05, 3.63) is 113 Å². The Morgan fingerprint density at radius 1 is 0.956 bits per heavy atom. The monoisotopic (exact) mass is 643 g/mol. The molecule has 0 spiro atoms. The third kappa shape index (κ3) is 7.93. The van der Waals surface area contributed by atoms with Crippen molar-refractivity contribution in [3.63, 3.8) is 0 Å². The van der Waals surface area contributed by atoms with Gasteiger partial charge in [-0.3, -0.25) is 0 Å². The molecule has 0 bridgehead atoms. The van der Waals surface area contributed by atoms with E-state index in [1.807, 2.05) is 69.3 Å². The van der Waals surface area contributed by atoms with Gasteiger partial charge >= 0.3 is 5.97 Å². The predicted octanol–water partition coefficient (Wildman–Crippen LogP) is 8.55. The van der Waals surface area contributed by atoms with Gasteiger partial charge in [0, 0.05) is 23.7 Å². The Labute approximate surface area is 270 Å². The number of esters is 1. The molecule has 1 N–H and O–H groups in total. The van der Waals surface area contributed by atoms with Crippen LogP contribution in [0.25, 0.3) is 22.2 Å². The molecule has 4 aromatic carbocycles. The van der Waals surface area contributed by atoms with E-state index in [0.29, 0.717) is 22.8 Å². The van der Waals surface area contributed by atoms with Gasteiger partial charge in [0.1, 0.15) is 17.3 Å². The van der Waals surface area contributed by atoms with Crippen molar-refractivity contribution in [1.29, 1.82) is 0 Å². The number of carbonyl (C=O) groups excluding carboxylic acids is 1. The number of imidazole rings is 1. The molecular formula is C36H38ClN3O4S. The average Bonchev–Trinajstić information content (AvgIpc) is 3.35. The predicted molar refractivity (Wildman–Crippen MR) is 182 cm³/mol. The molecule has 5 rings (SSSR count). The van der Waals surface area contributed by atoms with Crippen LogP contribution < -0.4 is 5.32 Å². The maximum atomic E-state index is 12.9. The molecule has 5 aromatic rings. The summed E-state index contributed by atoms with van der Waals surface area (Å²) in [5, 5.41) is 3.57. The number of unbranched alkanes of at least 4 members (excludes halogenated alkanes) is 1. The van der Waals surface area contributed by atoms with Crippen molar-refractivity contribution in [2.75, 3.05) is 11.2 Å². The van der Waals surface area contributed by atoms with E-state index in [4.69, 9.17) is 21.3 Å². The van der Waals surface area contributed by atoms with Gasteiger partial charge in [0.25, 0.3) is 0 Å². The van der Waals surface area contributed by atoms with Crippen molar-refractivity contribution < 1.29 is 17.9 Å². The number of aromatic nitrogens is 2. The normalized spacial score (nSPS) is 11.9. The van der Waals surface area contributed by atoms with E-state index in [9.17, 15) is 13.2 Å². The van der Waals surface area contributed by atoms with E-state index in [0.717, 1.165) is 52.8 Å². The highest BCUT2D eigenvalue weighted by Crippen LogP contribution is 2.28. The van der Waals surface area contributed by atoms with Gasteiger partial charge in [-0.1, -0.05) is 67.4 Å². The summed E-state index contributed by atoms with van der Waals surface area (Å²) >= 11 is 5.93. The summed E-state index contributed by atoms with van der Waals surface area (Å²) in [6.07, 6.45) is 2.89. The number of rotatable bonds is 11. The SMILES string of the molecule is CCCCc1nc2ccc(NCS(=O)(=O)c3ccc(Cl)cc3)cc2n1Cc1ccc(-c2ccccc2C(=O)OC(C)(C)C)cc1. The zero-order valence-corrected chi connectivity index (χ0v) is 27.6. The van der Waals surface area contributed by atoms with Gasteiger partial charge in [0.05, 0.1) is 21.5 Å². The Morgan fingerprint density at radius 3 is 2.36 bits per heavy atom. The molecule has 234 valence electrons. The largest absolute Gasteiger partial charge is 0.456 e. The first-order valence-corrected chi connectivity index (χ1v) is 17.1. The number of halogens is 1. The lowest BCUT2D eigenvalue weighted by Crippen LogP contribution is -2.24. The molecule has 1 heterocycles. The van der Waals surface area contributed by atoms with Crippen molar-refractivity contribution >= 4 is 44.1 Å². The lowest BCUT2D eigenvalue weighted by Gasteiger charge is -2.20. The highest BCUT2D eigenvalue weighted by molar-refractivity contribution is 7.91. The van der Waals surface area contributed by atoms with Gasteiger partial charge in [0.15, 0.2) is 9.84 Å². The number of ether oxygens (including phenoxy) is 1. The lowest BCUT2D eigenvalue weighted by molar-refractivity contribution is 0.00704. The van der Waals surface area contributed by atoms with E-state index < -0.39 is 15.4 Å². The van der Waals surface area contributed by atoms with Crippen molar-refractivity contribution in [3.8, 4) is 11.1 Å². The number of hydrogen-bond donors (Lipinski definition) is 1. The van der Waals surface area contributed by atoms with Crippen LogP contribution >= 0.6 is 11.6 Å². The molecule has 0 saturated heterocycles. The molecule has 7 nitrogen and oxygen atoms in total. The minimum absolute atomic E-state index is 0.213. The molecule has 0 saturated carbocycles. The summed E-state index contributed by atoms with van der Waals surface area (Å²) in [4.78, 5) is 18.1. The zero-order chi connectivity index (χ0) is 32.2. The van der Waals surface area contributed by atoms with Crippen LogP contribution in [0.2, 0.25) is 5.02 Å². The maximum Gasteiger partial charge on any atom is 0.339 e. The zero-order valence-electron chi connectivity index (χ0n) is 26.0. The van der Waals surface area contributed by atoms with Gasteiger partial charge < -0.3 is 14.6 Å².